The summed E-state index contributed by atoms with van der Waals surface area (Å²) in [5, 5.41) is 3.57. The minimum absolute atomic E-state index is 0. The van der Waals surface area contributed by atoms with Gasteiger partial charge in [0.15, 0.2) is 0 Å². The SMILES string of the molecule is CC.COc1cc(N2CCC(C)CC2)ccc1CC1C=C2C(=CN1)N(C)C(=O)c1ccccc1C2C(C)C.[HH]. The number of carbonyl (C=O) groups is 1. The Balaban J connectivity index is 0.00000137. The molecule has 2 atom stereocenters. The van der Waals surface area contributed by atoms with E-state index in [-0.39, 0.29) is 19.3 Å². The molecule has 206 valence electrons. The van der Waals surface area contributed by atoms with E-state index in [4.69, 9.17) is 4.74 Å². The van der Waals surface area contributed by atoms with E-state index in [1.165, 1.54) is 29.7 Å². The van der Waals surface area contributed by atoms with Gasteiger partial charge in [0, 0.05) is 57.0 Å². The number of hydrogen-bond donors (Lipinski definition) is 1. The predicted octanol–water partition coefficient (Wildman–Crippen LogP) is 7.01. The highest BCUT2D eigenvalue weighted by Crippen LogP contribution is 2.43. The van der Waals surface area contributed by atoms with E-state index >= 15 is 0 Å². The lowest BCUT2D eigenvalue weighted by molar-refractivity contribution is 0.0839. The number of anilines is 1. The molecule has 1 fully saturated rings. The second-order valence-corrected chi connectivity index (χ2v) is 11.0. The molecule has 5 heteroatoms. The van der Waals surface area contributed by atoms with Crippen molar-refractivity contribution in [2.45, 2.75) is 65.8 Å². The molecule has 1 saturated heterocycles. The van der Waals surface area contributed by atoms with Gasteiger partial charge < -0.3 is 19.9 Å². The van der Waals surface area contributed by atoms with Gasteiger partial charge in [-0.25, -0.2) is 0 Å². The Labute approximate surface area is 231 Å². The Morgan fingerprint density at radius 1 is 1.11 bits per heavy atom. The third-order valence-electron chi connectivity index (χ3n) is 8.16. The van der Waals surface area contributed by atoms with Crippen LogP contribution in [0.15, 0.2) is 66.0 Å². The molecular formula is C33H47N3O2. The van der Waals surface area contributed by atoms with Crippen LogP contribution in [0.5, 0.6) is 5.75 Å². The van der Waals surface area contributed by atoms with Gasteiger partial charge >= 0.3 is 0 Å². The van der Waals surface area contributed by atoms with Crippen molar-refractivity contribution in [1.82, 2.24) is 10.2 Å². The zero-order chi connectivity index (χ0) is 27.4. The van der Waals surface area contributed by atoms with E-state index in [1.54, 1.807) is 12.0 Å². The molecule has 0 aliphatic carbocycles. The van der Waals surface area contributed by atoms with Gasteiger partial charge in [0.05, 0.1) is 12.8 Å². The van der Waals surface area contributed by atoms with Crippen molar-refractivity contribution in [2.24, 2.45) is 11.8 Å². The van der Waals surface area contributed by atoms with Crippen molar-refractivity contribution in [3.05, 3.63) is 82.7 Å². The zero-order valence-electron chi connectivity index (χ0n) is 24.3. The molecule has 2 aromatic carbocycles. The quantitative estimate of drug-likeness (QED) is 0.463. The van der Waals surface area contributed by atoms with Crippen LogP contribution in [0.3, 0.4) is 0 Å². The molecule has 0 bridgehead atoms. The van der Waals surface area contributed by atoms with Crippen LogP contribution in [-0.2, 0) is 6.42 Å². The second-order valence-electron chi connectivity index (χ2n) is 11.0. The summed E-state index contributed by atoms with van der Waals surface area (Å²) in [7, 11) is 3.65. The number of piperidine rings is 1. The maximum atomic E-state index is 13.3. The van der Waals surface area contributed by atoms with Crippen molar-refractivity contribution >= 4 is 11.6 Å². The normalized spacial score (nSPS) is 21.3. The molecule has 38 heavy (non-hydrogen) atoms. The molecule has 0 saturated carbocycles. The van der Waals surface area contributed by atoms with Crippen molar-refractivity contribution < 1.29 is 11.0 Å². The Kier molecular flexibility index (Phi) is 8.86. The summed E-state index contributed by atoms with van der Waals surface area (Å²) in [5.74, 6) is 2.33. The van der Waals surface area contributed by atoms with Crippen LogP contribution in [0, 0.1) is 11.8 Å². The Morgan fingerprint density at radius 2 is 1.82 bits per heavy atom. The van der Waals surface area contributed by atoms with Crippen LogP contribution in [0.1, 0.15) is 76.3 Å². The third kappa shape index (κ3) is 5.48. The van der Waals surface area contributed by atoms with Crippen LogP contribution in [-0.4, -0.2) is 44.1 Å². The first-order chi connectivity index (χ1) is 18.4. The number of fused-ring (bicyclic) bond motifs is 2. The summed E-state index contributed by atoms with van der Waals surface area (Å²) in [4.78, 5) is 17.6. The third-order valence-corrected chi connectivity index (χ3v) is 8.16. The van der Waals surface area contributed by atoms with Crippen LogP contribution in [0.2, 0.25) is 0 Å². The first-order valence-corrected chi connectivity index (χ1v) is 14.3. The number of methoxy groups -OCH3 is 1. The number of hydrogen-bond acceptors (Lipinski definition) is 4. The van der Waals surface area contributed by atoms with Crippen molar-refractivity contribution in [3.63, 3.8) is 0 Å². The fourth-order valence-corrected chi connectivity index (χ4v) is 6.03. The fraction of sp³-hybridized carbons (Fsp3) is 0.485. The lowest BCUT2D eigenvalue weighted by Gasteiger charge is -2.33. The Bertz CT molecular complexity index is 1200. The van der Waals surface area contributed by atoms with Crippen molar-refractivity contribution in [3.8, 4) is 5.75 Å². The first kappa shape index (κ1) is 27.8. The molecule has 5 nitrogen and oxygen atoms in total. The maximum Gasteiger partial charge on any atom is 0.258 e. The van der Waals surface area contributed by atoms with Crippen molar-refractivity contribution in [1.29, 1.82) is 0 Å². The van der Waals surface area contributed by atoms with Gasteiger partial charge in [-0.05, 0) is 59.9 Å². The van der Waals surface area contributed by atoms with Gasteiger partial charge in [-0.2, -0.15) is 0 Å². The van der Waals surface area contributed by atoms with Crippen LogP contribution >= 0.6 is 0 Å². The molecule has 3 aliphatic rings. The Morgan fingerprint density at radius 3 is 2.50 bits per heavy atom. The number of allylic oxidation sites excluding steroid dienone is 1. The summed E-state index contributed by atoms with van der Waals surface area (Å²) in [6, 6.07) is 14.9. The number of nitrogens with one attached hydrogen (secondary N) is 1. The molecule has 3 aliphatic heterocycles. The highest BCUT2D eigenvalue weighted by molar-refractivity contribution is 5.98. The largest absolute Gasteiger partial charge is 0.496 e. The molecule has 1 amide bonds. The maximum absolute atomic E-state index is 13.3. The minimum Gasteiger partial charge on any atom is -0.496 e. The first-order valence-electron chi connectivity index (χ1n) is 14.3. The average molecular weight is 518 g/mol. The summed E-state index contributed by atoms with van der Waals surface area (Å²) in [6.07, 6.45) is 7.68. The van der Waals surface area contributed by atoms with Crippen LogP contribution < -0.4 is 15.0 Å². The molecule has 2 aromatic rings. The van der Waals surface area contributed by atoms with Gasteiger partial charge in [0.2, 0.25) is 0 Å². The fourth-order valence-electron chi connectivity index (χ4n) is 6.03. The molecule has 0 aromatic heterocycles. The smallest absolute Gasteiger partial charge is 0.258 e. The second kappa shape index (κ2) is 12.1. The van der Waals surface area contributed by atoms with E-state index in [1.807, 2.05) is 45.3 Å². The van der Waals surface area contributed by atoms with Gasteiger partial charge in [-0.3, -0.25) is 4.79 Å². The monoisotopic (exact) mass is 517 g/mol. The van der Waals surface area contributed by atoms with Crippen LogP contribution in [0.4, 0.5) is 5.69 Å². The molecule has 5 rings (SSSR count). The molecule has 1 N–H and O–H groups in total. The number of dihydropyridines is 1. The topological polar surface area (TPSA) is 44.8 Å². The highest BCUT2D eigenvalue weighted by Gasteiger charge is 2.36. The number of benzene rings is 2. The summed E-state index contributed by atoms with van der Waals surface area (Å²) in [5.41, 5.74) is 6.56. The number of ether oxygens (including phenoxy) is 1. The summed E-state index contributed by atoms with van der Waals surface area (Å²) >= 11 is 0. The predicted molar refractivity (Wildman–Crippen MR) is 160 cm³/mol. The molecule has 0 radical (unpaired) electrons. The van der Waals surface area contributed by atoms with E-state index in [2.05, 4.69) is 61.3 Å². The van der Waals surface area contributed by atoms with E-state index < -0.39 is 0 Å². The zero-order valence-corrected chi connectivity index (χ0v) is 24.3. The van der Waals surface area contributed by atoms with Gasteiger partial charge in [-0.1, -0.05) is 65.0 Å². The number of carbonyl (C=O) groups excluding carboxylic acids is 1. The number of likely N-dealkylation sites (N-methyl/N-ethyl adjacent to an activating group) is 1. The standard InChI is InChI=1S/C31H39N3O2.C2H6.H2/c1-20(2)30-25-8-6-7-9-26(25)31(35)33(4)28-19-32-23(17-27(28)30)16-22-10-11-24(18-29(22)36-5)34-14-12-21(3)13-15-34;1-2;/h6-11,17-21,23,30,32H,12-16H2,1-5H3;1-2H3;1H. The Hall–Kier alpha value is -3.21. The summed E-state index contributed by atoms with van der Waals surface area (Å²) in [6.45, 7) is 13.1. The van der Waals surface area contributed by atoms with Gasteiger partial charge in [-0.15, -0.1) is 0 Å². The lowest BCUT2D eigenvalue weighted by Crippen LogP contribution is -2.35. The summed E-state index contributed by atoms with van der Waals surface area (Å²) < 4.78 is 5.86. The van der Waals surface area contributed by atoms with Crippen molar-refractivity contribution in [2.75, 3.05) is 32.1 Å². The van der Waals surface area contributed by atoms with E-state index in [0.717, 1.165) is 48.0 Å². The average Bonchev–Trinajstić information content (AvgIpc) is 3.03. The number of nitrogens with zero attached hydrogens (tertiary/aromatic N) is 2. The minimum atomic E-state index is 0. The highest BCUT2D eigenvalue weighted by atomic mass is 16.5. The number of rotatable bonds is 5. The van der Waals surface area contributed by atoms with E-state index in [0.29, 0.717) is 5.92 Å². The van der Waals surface area contributed by atoms with Crippen LogP contribution in [0.25, 0.3) is 0 Å². The van der Waals surface area contributed by atoms with Gasteiger partial charge in [0.1, 0.15) is 5.75 Å². The van der Waals surface area contributed by atoms with Gasteiger partial charge in [0.25, 0.3) is 5.91 Å². The number of amides is 1. The molecule has 2 unspecified atom stereocenters. The van der Waals surface area contributed by atoms with E-state index in [9.17, 15) is 4.79 Å². The molecule has 0 spiro atoms. The molecular weight excluding hydrogens is 470 g/mol. The molecule has 3 heterocycles. The lowest BCUT2D eigenvalue weighted by atomic mass is 9.78.